The minimum absolute atomic E-state index is 0.00472. The second-order valence-electron chi connectivity index (χ2n) is 4.32. The number of carbonyl (C=O) groups is 2. The molecule has 2 aliphatic rings. The lowest BCUT2D eigenvalue weighted by atomic mass is 10.1. The van der Waals surface area contributed by atoms with E-state index in [1.165, 1.54) is 18.6 Å². The molecule has 16 heavy (non-hydrogen) atoms. The van der Waals surface area contributed by atoms with Crippen LogP contribution < -0.4 is 5.32 Å². The van der Waals surface area contributed by atoms with Gasteiger partial charge >= 0.3 is 0 Å². The number of thioether (sulfide) groups is 1. The van der Waals surface area contributed by atoms with Crippen LogP contribution in [0.25, 0.3) is 0 Å². The van der Waals surface area contributed by atoms with E-state index in [0.717, 1.165) is 6.54 Å². The highest BCUT2D eigenvalue weighted by molar-refractivity contribution is 8.00. The van der Waals surface area contributed by atoms with Gasteiger partial charge < -0.3 is 10.2 Å². The van der Waals surface area contributed by atoms with E-state index in [0.29, 0.717) is 11.7 Å². The van der Waals surface area contributed by atoms with Gasteiger partial charge in [0, 0.05) is 11.8 Å². The summed E-state index contributed by atoms with van der Waals surface area (Å²) >= 11 is 1.93. The van der Waals surface area contributed by atoms with Gasteiger partial charge in [-0.15, -0.1) is 0 Å². The number of carbonyl (C=O) groups excluding carboxylic acids is 2. The Kier molecular flexibility index (Phi) is 3.74. The quantitative estimate of drug-likeness (QED) is 0.789. The van der Waals surface area contributed by atoms with Crippen molar-refractivity contribution in [2.24, 2.45) is 0 Å². The van der Waals surface area contributed by atoms with Gasteiger partial charge in [-0.25, -0.2) is 0 Å². The molecule has 2 atom stereocenters. The van der Waals surface area contributed by atoms with Gasteiger partial charge in [0.25, 0.3) is 0 Å². The van der Waals surface area contributed by atoms with Gasteiger partial charge in [0.15, 0.2) is 0 Å². The van der Waals surface area contributed by atoms with Crippen LogP contribution in [0.4, 0.5) is 0 Å². The Hall–Kier alpha value is -0.710. The normalized spacial score (nSPS) is 30.7. The number of piperazine rings is 1. The highest BCUT2D eigenvalue weighted by atomic mass is 32.2. The fourth-order valence-corrected chi connectivity index (χ4v) is 3.61. The van der Waals surface area contributed by atoms with Crippen LogP contribution in [0.2, 0.25) is 0 Å². The van der Waals surface area contributed by atoms with Crippen molar-refractivity contribution in [1.29, 1.82) is 0 Å². The van der Waals surface area contributed by atoms with Crippen LogP contribution in [0.5, 0.6) is 0 Å². The molecule has 2 rings (SSSR count). The SMILES string of the molecule is CCC1C(=O)NCC(=O)N1CC1CCCS1. The molecule has 0 aromatic heterocycles. The number of rotatable bonds is 3. The van der Waals surface area contributed by atoms with E-state index in [-0.39, 0.29) is 24.4 Å². The Morgan fingerprint density at radius 2 is 2.31 bits per heavy atom. The summed E-state index contributed by atoms with van der Waals surface area (Å²) in [6.07, 6.45) is 3.11. The largest absolute Gasteiger partial charge is 0.345 e. The van der Waals surface area contributed by atoms with Gasteiger partial charge in [0.2, 0.25) is 11.8 Å². The van der Waals surface area contributed by atoms with E-state index >= 15 is 0 Å². The lowest BCUT2D eigenvalue weighted by Crippen LogP contribution is -2.59. The maximum absolute atomic E-state index is 11.8. The molecule has 4 nitrogen and oxygen atoms in total. The van der Waals surface area contributed by atoms with Crippen molar-refractivity contribution in [3.63, 3.8) is 0 Å². The average Bonchev–Trinajstić information content (AvgIpc) is 2.77. The highest BCUT2D eigenvalue weighted by Gasteiger charge is 2.34. The summed E-state index contributed by atoms with van der Waals surface area (Å²) in [5.41, 5.74) is 0. The zero-order valence-corrected chi connectivity index (χ0v) is 10.4. The van der Waals surface area contributed by atoms with Gasteiger partial charge in [-0.2, -0.15) is 11.8 Å². The molecule has 2 aliphatic heterocycles. The second-order valence-corrected chi connectivity index (χ2v) is 5.73. The van der Waals surface area contributed by atoms with Crippen molar-refractivity contribution in [1.82, 2.24) is 10.2 Å². The summed E-state index contributed by atoms with van der Waals surface area (Å²) < 4.78 is 0. The van der Waals surface area contributed by atoms with E-state index in [4.69, 9.17) is 0 Å². The first-order valence-corrected chi connectivity index (χ1v) is 6.96. The fraction of sp³-hybridized carbons (Fsp3) is 0.818. The lowest BCUT2D eigenvalue weighted by molar-refractivity contribution is -0.145. The summed E-state index contributed by atoms with van der Waals surface area (Å²) in [4.78, 5) is 25.2. The van der Waals surface area contributed by atoms with Gasteiger partial charge in [0.1, 0.15) is 6.04 Å². The Balaban J connectivity index is 2.02. The van der Waals surface area contributed by atoms with E-state index in [1.54, 1.807) is 4.90 Å². The third-order valence-electron chi connectivity index (χ3n) is 3.22. The predicted octanol–water partition coefficient (Wildman–Crippen LogP) is 0.619. The number of amides is 2. The van der Waals surface area contributed by atoms with Crippen LogP contribution in [-0.2, 0) is 9.59 Å². The second kappa shape index (κ2) is 5.08. The maximum atomic E-state index is 11.8. The van der Waals surface area contributed by atoms with Crippen molar-refractivity contribution in [3.05, 3.63) is 0 Å². The molecule has 0 aliphatic carbocycles. The number of nitrogens with zero attached hydrogens (tertiary/aromatic N) is 1. The van der Waals surface area contributed by atoms with Crippen molar-refractivity contribution in [2.45, 2.75) is 37.5 Å². The summed E-state index contributed by atoms with van der Waals surface area (Å²) in [7, 11) is 0. The molecule has 5 heteroatoms. The molecule has 0 bridgehead atoms. The first kappa shape index (κ1) is 11.8. The Labute approximate surface area is 100 Å². The third-order valence-corrected chi connectivity index (χ3v) is 4.60. The molecular weight excluding hydrogens is 224 g/mol. The molecule has 2 heterocycles. The molecule has 2 unspecified atom stereocenters. The zero-order valence-electron chi connectivity index (χ0n) is 9.57. The first-order valence-electron chi connectivity index (χ1n) is 5.91. The summed E-state index contributed by atoms with van der Waals surface area (Å²) in [5.74, 6) is 1.26. The molecule has 0 radical (unpaired) electrons. The van der Waals surface area contributed by atoms with Crippen LogP contribution >= 0.6 is 11.8 Å². The Bertz CT molecular complexity index is 290. The van der Waals surface area contributed by atoms with Crippen molar-refractivity contribution in [2.75, 3.05) is 18.8 Å². The third kappa shape index (κ3) is 2.34. The predicted molar refractivity (Wildman–Crippen MR) is 64.3 cm³/mol. The van der Waals surface area contributed by atoms with Crippen molar-refractivity contribution < 1.29 is 9.59 Å². The van der Waals surface area contributed by atoms with Crippen molar-refractivity contribution >= 4 is 23.6 Å². The molecule has 0 saturated carbocycles. The molecule has 90 valence electrons. The lowest BCUT2D eigenvalue weighted by Gasteiger charge is -2.35. The molecule has 0 aromatic rings. The van der Waals surface area contributed by atoms with Gasteiger partial charge in [-0.05, 0) is 25.0 Å². The summed E-state index contributed by atoms with van der Waals surface area (Å²) in [6, 6.07) is -0.248. The van der Waals surface area contributed by atoms with E-state index in [2.05, 4.69) is 5.32 Å². The average molecular weight is 242 g/mol. The summed E-state index contributed by atoms with van der Waals surface area (Å²) in [5, 5.41) is 3.18. The van der Waals surface area contributed by atoms with Crippen LogP contribution in [0.3, 0.4) is 0 Å². The van der Waals surface area contributed by atoms with E-state index in [1.807, 2.05) is 18.7 Å². The molecular formula is C11H18N2O2S. The van der Waals surface area contributed by atoms with Gasteiger partial charge in [0.05, 0.1) is 6.54 Å². The van der Waals surface area contributed by atoms with Gasteiger partial charge in [-0.3, -0.25) is 9.59 Å². The minimum atomic E-state index is -0.248. The number of hydrogen-bond donors (Lipinski definition) is 1. The molecule has 2 fully saturated rings. The van der Waals surface area contributed by atoms with Crippen LogP contribution in [0.15, 0.2) is 0 Å². The van der Waals surface area contributed by atoms with Crippen LogP contribution in [0, 0.1) is 0 Å². The molecule has 0 aromatic carbocycles. The van der Waals surface area contributed by atoms with E-state index < -0.39 is 0 Å². The smallest absolute Gasteiger partial charge is 0.243 e. The Morgan fingerprint density at radius 3 is 2.94 bits per heavy atom. The van der Waals surface area contributed by atoms with E-state index in [9.17, 15) is 9.59 Å². The monoisotopic (exact) mass is 242 g/mol. The maximum Gasteiger partial charge on any atom is 0.243 e. The molecule has 2 saturated heterocycles. The summed E-state index contributed by atoms with van der Waals surface area (Å²) in [6.45, 7) is 2.87. The van der Waals surface area contributed by atoms with Crippen LogP contribution in [0.1, 0.15) is 26.2 Å². The number of nitrogens with one attached hydrogen (secondary N) is 1. The molecule has 0 spiro atoms. The fourth-order valence-electron chi connectivity index (χ4n) is 2.34. The highest BCUT2D eigenvalue weighted by Crippen LogP contribution is 2.28. The van der Waals surface area contributed by atoms with Crippen molar-refractivity contribution in [3.8, 4) is 0 Å². The first-order chi connectivity index (χ1) is 7.72. The minimum Gasteiger partial charge on any atom is -0.345 e. The topological polar surface area (TPSA) is 49.4 Å². The van der Waals surface area contributed by atoms with Crippen LogP contribution in [-0.4, -0.2) is 46.8 Å². The zero-order chi connectivity index (χ0) is 11.5. The van der Waals surface area contributed by atoms with Gasteiger partial charge in [-0.1, -0.05) is 6.92 Å². The number of hydrogen-bond acceptors (Lipinski definition) is 3. The molecule has 2 amide bonds. The molecule has 1 N–H and O–H groups in total. The standard InChI is InChI=1S/C11H18N2O2S/c1-2-9-11(15)12-6-10(14)13(9)7-8-4-3-5-16-8/h8-9H,2-7H2,1H3,(H,12,15). The Morgan fingerprint density at radius 1 is 1.50 bits per heavy atom.